The molecule has 0 heterocycles. The van der Waals surface area contributed by atoms with Crippen LogP contribution in [-0.4, -0.2) is 0 Å². The van der Waals surface area contributed by atoms with Crippen LogP contribution in [0.3, 0.4) is 0 Å². The highest BCUT2D eigenvalue weighted by Gasteiger charge is 2.21. The van der Waals surface area contributed by atoms with Crippen molar-refractivity contribution in [2.45, 2.75) is 70.6 Å². The summed E-state index contributed by atoms with van der Waals surface area (Å²) in [6.07, 6.45) is 8.45. The Morgan fingerprint density at radius 3 is 2.47 bits per heavy atom. The maximum atomic E-state index is 14.0. The van der Waals surface area contributed by atoms with Crippen molar-refractivity contribution in [2.24, 2.45) is 0 Å². The van der Waals surface area contributed by atoms with Crippen LogP contribution in [0, 0.1) is 5.82 Å². The van der Waals surface area contributed by atoms with Gasteiger partial charge in [0.25, 0.3) is 0 Å². The monoisotopic (exact) mass is 268 g/mol. The average Bonchev–Trinajstić information content (AvgIpc) is 2.90. The second kappa shape index (κ2) is 7.62. The summed E-state index contributed by atoms with van der Waals surface area (Å²) in [7, 11) is 0. The van der Waals surface area contributed by atoms with Crippen molar-refractivity contribution in [3.63, 3.8) is 0 Å². The van der Waals surface area contributed by atoms with E-state index < -0.39 is 0 Å². The zero-order valence-corrected chi connectivity index (χ0v) is 12.1. The molecule has 0 aromatic heterocycles. The van der Waals surface area contributed by atoms with Crippen LogP contribution in [-0.2, 0) is 0 Å². The fourth-order valence-electron chi connectivity index (χ4n) is 3.32. The molecule has 0 amide bonds. The summed E-state index contributed by atoms with van der Waals surface area (Å²) in [5.41, 5.74) is 2.34. The average molecular weight is 268 g/mol. The van der Waals surface area contributed by atoms with Crippen molar-refractivity contribution in [3.05, 3.63) is 35.1 Å². The topological polar surface area (TPSA) is 0 Å². The van der Waals surface area contributed by atoms with Gasteiger partial charge in [0.05, 0.1) is 0 Å². The molecule has 1 aliphatic rings. The van der Waals surface area contributed by atoms with E-state index in [1.807, 2.05) is 6.07 Å². The summed E-state index contributed by atoms with van der Waals surface area (Å²) < 4.78 is 14.0. The lowest BCUT2D eigenvalue weighted by molar-refractivity contribution is 0.566. The van der Waals surface area contributed by atoms with Crippen molar-refractivity contribution in [1.82, 2.24) is 0 Å². The van der Waals surface area contributed by atoms with Crippen LogP contribution in [0.2, 0.25) is 0 Å². The van der Waals surface area contributed by atoms with Gasteiger partial charge in [-0.1, -0.05) is 45.2 Å². The maximum absolute atomic E-state index is 14.0. The van der Waals surface area contributed by atoms with Crippen LogP contribution in [0.15, 0.2) is 18.2 Å². The van der Waals surface area contributed by atoms with Crippen LogP contribution in [0.5, 0.6) is 0 Å². The van der Waals surface area contributed by atoms with Crippen LogP contribution in [0.1, 0.15) is 81.8 Å². The Kier molecular flexibility index (Phi) is 6.47. The number of rotatable bonds is 5. The van der Waals surface area contributed by atoms with Crippen LogP contribution < -0.4 is 0 Å². The normalized spacial score (nSPS) is 17.2. The smallest absolute Gasteiger partial charge is 0.126 e. The number of hydrogen-bond acceptors (Lipinski definition) is 0. The lowest BCUT2D eigenvalue weighted by Crippen LogP contribution is -2.02. The molecule has 1 atom stereocenters. The van der Waals surface area contributed by atoms with Crippen molar-refractivity contribution in [1.29, 1.82) is 0 Å². The van der Waals surface area contributed by atoms with Gasteiger partial charge in [-0.05, 0) is 54.7 Å². The minimum atomic E-state index is 0. The Labute approximate surface area is 115 Å². The van der Waals surface area contributed by atoms with Crippen molar-refractivity contribution >= 4 is 0 Å². The molecule has 0 bridgehead atoms. The maximum Gasteiger partial charge on any atom is 0.126 e. The molecular formula is C17H26F2. The van der Waals surface area contributed by atoms with E-state index in [0.717, 1.165) is 12.0 Å². The van der Waals surface area contributed by atoms with Gasteiger partial charge >= 0.3 is 0 Å². The standard InChI is InChI=1S/C17H25F.FH/c1-3-7-13(4-2)15-10-11-17(18)16(12-15)14-8-5-6-9-14;/h10-14H,3-9H2,1-2H3;1H. The van der Waals surface area contributed by atoms with E-state index in [2.05, 4.69) is 19.9 Å². The SMILES string of the molecule is CCCC(CC)c1ccc(F)c(C2CCCC2)c1.F. The Balaban J connectivity index is 0.00000180. The van der Waals surface area contributed by atoms with Gasteiger partial charge in [-0.3, -0.25) is 4.70 Å². The molecule has 2 heteroatoms. The highest BCUT2D eigenvalue weighted by molar-refractivity contribution is 5.30. The second-order valence-electron chi connectivity index (χ2n) is 5.66. The molecular weight excluding hydrogens is 242 g/mol. The van der Waals surface area contributed by atoms with Gasteiger partial charge in [-0.25, -0.2) is 4.39 Å². The number of halogens is 2. The van der Waals surface area contributed by atoms with Gasteiger partial charge in [0.15, 0.2) is 0 Å². The number of benzene rings is 1. The first-order chi connectivity index (χ1) is 8.76. The van der Waals surface area contributed by atoms with E-state index >= 15 is 0 Å². The van der Waals surface area contributed by atoms with Gasteiger partial charge in [0.2, 0.25) is 0 Å². The summed E-state index contributed by atoms with van der Waals surface area (Å²) >= 11 is 0. The second-order valence-corrected chi connectivity index (χ2v) is 5.66. The van der Waals surface area contributed by atoms with E-state index in [4.69, 9.17) is 0 Å². The van der Waals surface area contributed by atoms with Crippen molar-refractivity contribution < 1.29 is 9.09 Å². The molecule has 1 fully saturated rings. The van der Waals surface area contributed by atoms with E-state index in [0.29, 0.717) is 11.8 Å². The van der Waals surface area contributed by atoms with Gasteiger partial charge in [-0.15, -0.1) is 0 Å². The molecule has 0 nitrogen and oxygen atoms in total. The molecule has 108 valence electrons. The lowest BCUT2D eigenvalue weighted by atomic mass is 9.88. The lowest BCUT2D eigenvalue weighted by Gasteiger charge is -2.18. The van der Waals surface area contributed by atoms with E-state index in [-0.39, 0.29) is 10.5 Å². The molecule has 0 aliphatic heterocycles. The van der Waals surface area contributed by atoms with Gasteiger partial charge in [0.1, 0.15) is 5.82 Å². The predicted molar refractivity (Wildman–Crippen MR) is 78.1 cm³/mol. The van der Waals surface area contributed by atoms with Crippen LogP contribution in [0.25, 0.3) is 0 Å². The first-order valence-corrected chi connectivity index (χ1v) is 7.55. The highest BCUT2D eigenvalue weighted by Crippen LogP contribution is 2.37. The minimum absolute atomic E-state index is 0. The summed E-state index contributed by atoms with van der Waals surface area (Å²) in [6, 6.07) is 5.86. The zero-order valence-electron chi connectivity index (χ0n) is 12.1. The van der Waals surface area contributed by atoms with E-state index in [1.54, 1.807) is 6.07 Å². The van der Waals surface area contributed by atoms with E-state index in [9.17, 15) is 4.39 Å². The molecule has 1 aromatic carbocycles. The Hall–Kier alpha value is -0.920. The molecule has 0 saturated heterocycles. The van der Waals surface area contributed by atoms with Gasteiger partial charge in [0, 0.05) is 0 Å². The molecule has 0 radical (unpaired) electrons. The van der Waals surface area contributed by atoms with Gasteiger partial charge < -0.3 is 0 Å². The van der Waals surface area contributed by atoms with Crippen LogP contribution in [0.4, 0.5) is 9.09 Å². The first kappa shape index (κ1) is 16.1. The van der Waals surface area contributed by atoms with Crippen molar-refractivity contribution in [2.75, 3.05) is 0 Å². The largest absolute Gasteiger partial charge is 0.269 e. The fourth-order valence-corrected chi connectivity index (χ4v) is 3.32. The number of hydrogen-bond donors (Lipinski definition) is 0. The quantitative estimate of drug-likeness (QED) is 0.621. The third kappa shape index (κ3) is 3.77. The molecule has 0 N–H and O–H groups in total. The first-order valence-electron chi connectivity index (χ1n) is 7.55. The molecule has 0 spiro atoms. The summed E-state index contributed by atoms with van der Waals surface area (Å²) in [5, 5.41) is 0. The summed E-state index contributed by atoms with van der Waals surface area (Å²) in [4.78, 5) is 0. The molecule has 1 saturated carbocycles. The Morgan fingerprint density at radius 2 is 1.89 bits per heavy atom. The summed E-state index contributed by atoms with van der Waals surface area (Å²) in [6.45, 7) is 4.46. The third-order valence-corrected chi connectivity index (χ3v) is 4.42. The molecule has 2 rings (SSSR count). The van der Waals surface area contributed by atoms with Crippen LogP contribution >= 0.6 is 0 Å². The fraction of sp³-hybridized carbons (Fsp3) is 0.647. The summed E-state index contributed by atoms with van der Waals surface area (Å²) in [5.74, 6) is 1.09. The Bertz CT molecular complexity index is 381. The molecule has 1 aromatic rings. The molecule has 19 heavy (non-hydrogen) atoms. The third-order valence-electron chi connectivity index (χ3n) is 4.42. The predicted octanol–water partition coefficient (Wildman–Crippen LogP) is 5.93. The van der Waals surface area contributed by atoms with Crippen molar-refractivity contribution in [3.8, 4) is 0 Å². The zero-order chi connectivity index (χ0) is 13.0. The van der Waals surface area contributed by atoms with Gasteiger partial charge in [-0.2, -0.15) is 0 Å². The Morgan fingerprint density at radius 1 is 1.21 bits per heavy atom. The minimum Gasteiger partial charge on any atom is -0.269 e. The molecule has 1 aliphatic carbocycles. The highest BCUT2D eigenvalue weighted by atomic mass is 19.1. The van der Waals surface area contributed by atoms with E-state index in [1.165, 1.54) is 44.1 Å². The molecule has 1 unspecified atom stereocenters.